The Balaban J connectivity index is 2.22. The van der Waals surface area contributed by atoms with Gasteiger partial charge >= 0.3 is 0 Å². The van der Waals surface area contributed by atoms with Crippen LogP contribution in [0.15, 0.2) is 17.2 Å². The fourth-order valence-electron chi connectivity index (χ4n) is 1.77. The van der Waals surface area contributed by atoms with Crippen LogP contribution >= 0.6 is 0 Å². The lowest BCUT2D eigenvalue weighted by atomic mass is 10.5. The molecule has 2 heterocycles. The summed E-state index contributed by atoms with van der Waals surface area (Å²) in [5, 5.41) is 8.91. The number of sulfonamides is 1. The Hall–Kier alpha value is -0.890. The third-order valence-electron chi connectivity index (χ3n) is 2.71. The molecule has 0 amide bonds. The number of hydrogen-bond acceptors (Lipinski definition) is 4. The number of aromatic amines is 1. The van der Waals surface area contributed by atoms with Crippen molar-refractivity contribution in [3.63, 3.8) is 0 Å². The molecule has 7 heteroatoms. The maximum Gasteiger partial charge on any atom is 0.244 e. The lowest BCUT2D eigenvalue weighted by Crippen LogP contribution is -2.33. The van der Waals surface area contributed by atoms with Crippen LogP contribution < -0.4 is 0 Å². The monoisotopic (exact) mass is 260 g/mol. The number of H-pyrrole nitrogens is 1. The predicted octanol–water partition coefficient (Wildman–Crippen LogP) is -0.0820. The lowest BCUT2D eigenvalue weighted by Gasteiger charge is -2.18. The second-order valence-corrected chi connectivity index (χ2v) is 5.83. The van der Waals surface area contributed by atoms with Gasteiger partial charge in [-0.15, -0.1) is 0 Å². The van der Waals surface area contributed by atoms with Crippen LogP contribution in [0.4, 0.5) is 0 Å². The standard InChI is InChI=1S/C10H16N2O4S/c13-8-9-6-10(7-11-9)17(14,15)12-2-1-4-16-5-3-12/h6-7,11,13H,1-5,8H2. The number of nitrogens with zero attached hydrogens (tertiary/aromatic N) is 1. The van der Waals surface area contributed by atoms with Crippen molar-refractivity contribution in [1.82, 2.24) is 9.29 Å². The van der Waals surface area contributed by atoms with Crippen LogP contribution in [-0.2, 0) is 21.4 Å². The van der Waals surface area contributed by atoms with Crippen molar-refractivity contribution < 1.29 is 18.3 Å². The first-order valence-electron chi connectivity index (χ1n) is 5.50. The minimum absolute atomic E-state index is 0.196. The fourth-order valence-corrected chi connectivity index (χ4v) is 3.25. The van der Waals surface area contributed by atoms with Crippen molar-refractivity contribution in [3.05, 3.63) is 18.0 Å². The Morgan fingerprint density at radius 3 is 2.94 bits per heavy atom. The van der Waals surface area contributed by atoms with E-state index in [2.05, 4.69) is 4.98 Å². The Bertz CT molecular complexity index is 460. The van der Waals surface area contributed by atoms with E-state index in [0.717, 1.165) is 0 Å². The van der Waals surface area contributed by atoms with Gasteiger partial charge in [-0.05, 0) is 12.5 Å². The van der Waals surface area contributed by atoms with Gasteiger partial charge in [0, 0.05) is 31.6 Å². The van der Waals surface area contributed by atoms with Crippen molar-refractivity contribution >= 4 is 10.0 Å². The molecule has 1 saturated heterocycles. The molecule has 2 N–H and O–H groups in total. The summed E-state index contributed by atoms with van der Waals surface area (Å²) in [6, 6.07) is 1.46. The zero-order chi connectivity index (χ0) is 12.3. The summed E-state index contributed by atoms with van der Waals surface area (Å²) in [7, 11) is -3.46. The molecule has 0 unspecified atom stereocenters. The Kier molecular flexibility index (Phi) is 3.82. The minimum atomic E-state index is -3.46. The fraction of sp³-hybridized carbons (Fsp3) is 0.600. The summed E-state index contributed by atoms with van der Waals surface area (Å²) in [5.74, 6) is 0. The molecule has 96 valence electrons. The van der Waals surface area contributed by atoms with Gasteiger partial charge < -0.3 is 14.8 Å². The molecule has 1 aliphatic heterocycles. The van der Waals surface area contributed by atoms with Crippen LogP contribution in [0.25, 0.3) is 0 Å². The third-order valence-corrected chi connectivity index (χ3v) is 4.58. The molecule has 0 bridgehead atoms. The van der Waals surface area contributed by atoms with Crippen molar-refractivity contribution in [2.24, 2.45) is 0 Å². The summed E-state index contributed by atoms with van der Waals surface area (Å²) in [4.78, 5) is 2.93. The highest BCUT2D eigenvalue weighted by atomic mass is 32.2. The molecule has 0 aromatic carbocycles. The van der Waals surface area contributed by atoms with E-state index in [1.54, 1.807) is 0 Å². The topological polar surface area (TPSA) is 82.6 Å². The SMILES string of the molecule is O=S(=O)(c1c[nH]c(CO)c1)N1CCCOCC1. The van der Waals surface area contributed by atoms with Gasteiger partial charge in [-0.1, -0.05) is 0 Å². The van der Waals surface area contributed by atoms with Gasteiger partial charge in [-0.2, -0.15) is 4.31 Å². The van der Waals surface area contributed by atoms with Crippen LogP contribution in [0.2, 0.25) is 0 Å². The molecule has 0 atom stereocenters. The maximum atomic E-state index is 12.2. The average molecular weight is 260 g/mol. The molecule has 0 radical (unpaired) electrons. The molecule has 1 aliphatic rings. The average Bonchev–Trinajstić information content (AvgIpc) is 2.64. The molecular formula is C10H16N2O4S. The normalized spacial score (nSPS) is 19.1. The van der Waals surface area contributed by atoms with Crippen LogP contribution in [0.5, 0.6) is 0 Å². The van der Waals surface area contributed by atoms with Crippen LogP contribution in [0.1, 0.15) is 12.1 Å². The molecule has 2 rings (SSSR count). The largest absolute Gasteiger partial charge is 0.390 e. The molecule has 0 aliphatic carbocycles. The number of rotatable bonds is 3. The Morgan fingerprint density at radius 2 is 2.24 bits per heavy atom. The van der Waals surface area contributed by atoms with Gasteiger partial charge in [0.1, 0.15) is 0 Å². The molecule has 1 fully saturated rings. The molecule has 1 aromatic rings. The first-order chi connectivity index (χ1) is 8.14. The van der Waals surface area contributed by atoms with Crippen molar-refractivity contribution in [2.45, 2.75) is 17.9 Å². The summed E-state index contributed by atoms with van der Waals surface area (Å²) < 4.78 is 31.1. The van der Waals surface area contributed by atoms with E-state index in [9.17, 15) is 8.42 Å². The van der Waals surface area contributed by atoms with E-state index >= 15 is 0 Å². The van der Waals surface area contributed by atoms with E-state index in [1.807, 2.05) is 0 Å². The zero-order valence-electron chi connectivity index (χ0n) is 9.42. The number of ether oxygens (including phenoxy) is 1. The van der Waals surface area contributed by atoms with Gasteiger partial charge in [-0.3, -0.25) is 0 Å². The second-order valence-electron chi connectivity index (χ2n) is 3.89. The summed E-state index contributed by atoms with van der Waals surface area (Å²) >= 11 is 0. The Morgan fingerprint density at radius 1 is 1.41 bits per heavy atom. The number of aliphatic hydroxyl groups excluding tert-OH is 1. The number of aromatic nitrogens is 1. The summed E-state index contributed by atoms with van der Waals surface area (Å²) in [6.45, 7) is 1.68. The van der Waals surface area contributed by atoms with Gasteiger partial charge in [0.25, 0.3) is 0 Å². The van der Waals surface area contributed by atoms with Crippen LogP contribution in [0.3, 0.4) is 0 Å². The molecule has 0 saturated carbocycles. The molecular weight excluding hydrogens is 244 g/mol. The third kappa shape index (κ3) is 2.68. The van der Waals surface area contributed by atoms with Gasteiger partial charge in [0.2, 0.25) is 10.0 Å². The predicted molar refractivity (Wildman–Crippen MR) is 60.9 cm³/mol. The summed E-state index contributed by atoms with van der Waals surface area (Å²) in [6.07, 6.45) is 2.11. The van der Waals surface area contributed by atoms with Gasteiger partial charge in [0.15, 0.2) is 0 Å². The zero-order valence-corrected chi connectivity index (χ0v) is 10.2. The molecule has 0 spiro atoms. The van der Waals surface area contributed by atoms with E-state index < -0.39 is 10.0 Å². The van der Waals surface area contributed by atoms with Crippen molar-refractivity contribution in [1.29, 1.82) is 0 Å². The smallest absolute Gasteiger partial charge is 0.244 e. The first-order valence-corrected chi connectivity index (χ1v) is 6.94. The number of aliphatic hydroxyl groups is 1. The van der Waals surface area contributed by atoms with Crippen molar-refractivity contribution in [2.75, 3.05) is 26.3 Å². The minimum Gasteiger partial charge on any atom is -0.390 e. The lowest BCUT2D eigenvalue weighted by molar-refractivity contribution is 0.148. The highest BCUT2D eigenvalue weighted by Crippen LogP contribution is 2.18. The molecule has 1 aromatic heterocycles. The number of nitrogens with one attached hydrogen (secondary N) is 1. The molecule has 17 heavy (non-hydrogen) atoms. The van der Waals surface area contributed by atoms with E-state index in [-0.39, 0.29) is 11.5 Å². The quantitative estimate of drug-likeness (QED) is 0.796. The van der Waals surface area contributed by atoms with Crippen molar-refractivity contribution in [3.8, 4) is 0 Å². The van der Waals surface area contributed by atoms with Gasteiger partial charge in [-0.25, -0.2) is 8.42 Å². The maximum absolute atomic E-state index is 12.2. The molecule has 6 nitrogen and oxygen atoms in total. The first kappa shape index (κ1) is 12.6. The van der Waals surface area contributed by atoms with E-state index in [4.69, 9.17) is 9.84 Å². The Labute approximate surface area is 100 Å². The highest BCUT2D eigenvalue weighted by Gasteiger charge is 2.26. The second kappa shape index (κ2) is 5.18. The summed E-state index contributed by atoms with van der Waals surface area (Å²) in [5.41, 5.74) is 0.495. The van der Waals surface area contributed by atoms with Gasteiger partial charge in [0.05, 0.1) is 18.1 Å². The van der Waals surface area contributed by atoms with E-state index in [0.29, 0.717) is 38.4 Å². The number of hydrogen-bond donors (Lipinski definition) is 2. The van der Waals surface area contributed by atoms with Crippen LogP contribution in [-0.4, -0.2) is 49.1 Å². The highest BCUT2D eigenvalue weighted by molar-refractivity contribution is 7.89. The van der Waals surface area contributed by atoms with E-state index in [1.165, 1.54) is 16.6 Å². The van der Waals surface area contributed by atoms with Crippen LogP contribution in [0, 0.1) is 0 Å².